The van der Waals surface area contributed by atoms with Crippen LogP contribution < -0.4 is 5.32 Å². The molecule has 0 unspecified atom stereocenters. The predicted molar refractivity (Wildman–Crippen MR) is 68.8 cm³/mol. The number of aromatic nitrogens is 2. The minimum absolute atomic E-state index is 0.223. The Morgan fingerprint density at radius 1 is 1.47 bits per heavy atom. The van der Waals surface area contributed by atoms with Crippen LogP contribution in [0.2, 0.25) is 0 Å². The van der Waals surface area contributed by atoms with Crippen LogP contribution in [0.25, 0.3) is 10.9 Å². The van der Waals surface area contributed by atoms with Crippen molar-refractivity contribution in [3.05, 3.63) is 49.7 Å². The van der Waals surface area contributed by atoms with Gasteiger partial charge >= 0.3 is 0 Å². The Labute approximate surface area is 99.2 Å². The molecule has 0 aliphatic carbocycles. The summed E-state index contributed by atoms with van der Waals surface area (Å²) in [6.45, 7) is 7.74. The lowest BCUT2D eigenvalue weighted by molar-refractivity contribution is -0.111. The molecule has 0 bridgehead atoms. The monoisotopic (exact) mass is 227 g/mol. The van der Waals surface area contributed by atoms with Crippen molar-refractivity contribution in [3.63, 3.8) is 0 Å². The first-order valence-electron chi connectivity index (χ1n) is 5.24. The maximum absolute atomic E-state index is 11.2. The van der Waals surface area contributed by atoms with Gasteiger partial charge in [0, 0.05) is 11.1 Å². The number of carbonyl (C=O) groups excluding carboxylic acids is 1. The van der Waals surface area contributed by atoms with Crippen LogP contribution in [0.5, 0.6) is 0 Å². The molecule has 0 aliphatic heterocycles. The SMILES string of the molecule is C=CCn1ncc2ccc(NC(=O)C=C)cc21. The highest BCUT2D eigenvalue weighted by atomic mass is 16.1. The number of allylic oxidation sites excluding steroid dienone is 1. The number of amides is 1. The molecule has 1 amide bonds. The molecule has 86 valence electrons. The van der Waals surface area contributed by atoms with Crippen LogP contribution in [0.15, 0.2) is 49.7 Å². The molecule has 0 saturated heterocycles. The Morgan fingerprint density at radius 2 is 2.29 bits per heavy atom. The molecule has 1 heterocycles. The lowest BCUT2D eigenvalue weighted by Crippen LogP contribution is -2.07. The Balaban J connectivity index is 2.40. The summed E-state index contributed by atoms with van der Waals surface area (Å²) in [6.07, 6.45) is 4.81. The summed E-state index contributed by atoms with van der Waals surface area (Å²) in [4.78, 5) is 11.2. The number of nitrogens with zero attached hydrogens (tertiary/aromatic N) is 2. The Morgan fingerprint density at radius 3 is 3.00 bits per heavy atom. The van der Waals surface area contributed by atoms with E-state index < -0.39 is 0 Å². The van der Waals surface area contributed by atoms with Gasteiger partial charge in [0.05, 0.1) is 18.3 Å². The van der Waals surface area contributed by atoms with E-state index in [4.69, 9.17) is 0 Å². The molecule has 17 heavy (non-hydrogen) atoms. The summed E-state index contributed by atoms with van der Waals surface area (Å²) in [6, 6.07) is 5.64. The molecular weight excluding hydrogens is 214 g/mol. The standard InChI is InChI=1S/C13H13N3O/c1-3-7-16-12-8-11(15-13(17)4-2)6-5-10(12)9-14-16/h3-6,8-9H,1-2,7H2,(H,15,17). The van der Waals surface area contributed by atoms with Crippen molar-refractivity contribution in [1.82, 2.24) is 9.78 Å². The third kappa shape index (κ3) is 2.25. The van der Waals surface area contributed by atoms with Crippen molar-refractivity contribution in [2.24, 2.45) is 0 Å². The van der Waals surface area contributed by atoms with Crippen molar-refractivity contribution in [2.75, 3.05) is 5.32 Å². The van der Waals surface area contributed by atoms with E-state index >= 15 is 0 Å². The van der Waals surface area contributed by atoms with Gasteiger partial charge in [-0.3, -0.25) is 9.48 Å². The molecule has 4 nitrogen and oxygen atoms in total. The highest BCUT2D eigenvalue weighted by molar-refractivity contribution is 6.00. The summed E-state index contributed by atoms with van der Waals surface area (Å²) in [5.74, 6) is -0.223. The number of anilines is 1. The number of rotatable bonds is 4. The van der Waals surface area contributed by atoms with Gasteiger partial charge < -0.3 is 5.32 Å². The summed E-state index contributed by atoms with van der Waals surface area (Å²) in [5, 5.41) is 7.99. The van der Waals surface area contributed by atoms with Crippen molar-refractivity contribution < 1.29 is 4.79 Å². The van der Waals surface area contributed by atoms with E-state index in [1.165, 1.54) is 6.08 Å². The van der Waals surface area contributed by atoms with E-state index in [0.717, 1.165) is 16.6 Å². The quantitative estimate of drug-likeness (QED) is 0.643. The molecule has 1 aromatic carbocycles. The second kappa shape index (κ2) is 4.65. The van der Waals surface area contributed by atoms with Gasteiger partial charge in [-0.1, -0.05) is 12.7 Å². The third-order valence-corrected chi connectivity index (χ3v) is 2.40. The molecule has 4 heteroatoms. The normalized spacial score (nSPS) is 10.1. The van der Waals surface area contributed by atoms with Crippen molar-refractivity contribution >= 4 is 22.5 Å². The molecule has 0 saturated carbocycles. The van der Waals surface area contributed by atoms with Crippen LogP contribution in [-0.4, -0.2) is 15.7 Å². The average molecular weight is 227 g/mol. The van der Waals surface area contributed by atoms with E-state index in [-0.39, 0.29) is 5.91 Å². The van der Waals surface area contributed by atoms with E-state index in [0.29, 0.717) is 6.54 Å². The van der Waals surface area contributed by atoms with Gasteiger partial charge in [0.2, 0.25) is 5.91 Å². The number of fused-ring (bicyclic) bond motifs is 1. The van der Waals surface area contributed by atoms with Gasteiger partial charge in [0.25, 0.3) is 0 Å². The fourth-order valence-electron chi connectivity index (χ4n) is 1.61. The van der Waals surface area contributed by atoms with Crippen molar-refractivity contribution in [3.8, 4) is 0 Å². The number of nitrogens with one attached hydrogen (secondary N) is 1. The van der Waals surface area contributed by atoms with Gasteiger partial charge in [-0.05, 0) is 24.3 Å². The molecule has 0 aliphatic rings. The van der Waals surface area contributed by atoms with E-state index in [1.807, 2.05) is 22.9 Å². The minimum Gasteiger partial charge on any atom is -0.322 e. The highest BCUT2D eigenvalue weighted by Gasteiger charge is 2.03. The number of carbonyl (C=O) groups is 1. The van der Waals surface area contributed by atoms with Crippen LogP contribution in [0.1, 0.15) is 0 Å². The zero-order valence-electron chi connectivity index (χ0n) is 9.39. The maximum Gasteiger partial charge on any atom is 0.247 e. The van der Waals surface area contributed by atoms with Gasteiger partial charge in [0.15, 0.2) is 0 Å². The molecule has 0 fully saturated rings. The van der Waals surface area contributed by atoms with E-state index in [2.05, 4.69) is 23.6 Å². The fraction of sp³-hybridized carbons (Fsp3) is 0.0769. The molecule has 1 N–H and O–H groups in total. The fourth-order valence-corrected chi connectivity index (χ4v) is 1.61. The van der Waals surface area contributed by atoms with Gasteiger partial charge in [0.1, 0.15) is 0 Å². The van der Waals surface area contributed by atoms with Crippen LogP contribution in [0, 0.1) is 0 Å². The van der Waals surface area contributed by atoms with Gasteiger partial charge in [-0.2, -0.15) is 5.10 Å². The van der Waals surface area contributed by atoms with Crippen LogP contribution in [-0.2, 0) is 11.3 Å². The molecule has 0 atom stereocenters. The first-order chi connectivity index (χ1) is 8.24. The van der Waals surface area contributed by atoms with Gasteiger partial charge in [-0.25, -0.2) is 0 Å². The van der Waals surface area contributed by atoms with Crippen LogP contribution in [0.4, 0.5) is 5.69 Å². The van der Waals surface area contributed by atoms with Gasteiger partial charge in [-0.15, -0.1) is 6.58 Å². The summed E-state index contributed by atoms with van der Waals surface area (Å²) in [5.41, 5.74) is 1.69. The number of benzene rings is 1. The minimum atomic E-state index is -0.223. The Kier molecular flexibility index (Phi) is 3.05. The average Bonchev–Trinajstić information content (AvgIpc) is 2.73. The first-order valence-corrected chi connectivity index (χ1v) is 5.24. The van der Waals surface area contributed by atoms with Crippen molar-refractivity contribution in [1.29, 1.82) is 0 Å². The molecule has 1 aromatic heterocycles. The predicted octanol–water partition coefficient (Wildman–Crippen LogP) is 2.35. The largest absolute Gasteiger partial charge is 0.322 e. The topological polar surface area (TPSA) is 46.9 Å². The zero-order chi connectivity index (χ0) is 12.3. The number of hydrogen-bond donors (Lipinski definition) is 1. The van der Waals surface area contributed by atoms with Crippen LogP contribution >= 0.6 is 0 Å². The summed E-state index contributed by atoms with van der Waals surface area (Å²) in [7, 11) is 0. The highest BCUT2D eigenvalue weighted by Crippen LogP contribution is 2.19. The lowest BCUT2D eigenvalue weighted by atomic mass is 10.2. The van der Waals surface area contributed by atoms with Crippen LogP contribution in [0.3, 0.4) is 0 Å². The van der Waals surface area contributed by atoms with E-state index in [9.17, 15) is 4.79 Å². The van der Waals surface area contributed by atoms with Crippen molar-refractivity contribution in [2.45, 2.75) is 6.54 Å². The zero-order valence-corrected chi connectivity index (χ0v) is 9.39. The summed E-state index contributed by atoms with van der Waals surface area (Å²) >= 11 is 0. The molecule has 2 aromatic rings. The maximum atomic E-state index is 11.2. The molecule has 2 rings (SSSR count). The molecule has 0 spiro atoms. The number of hydrogen-bond acceptors (Lipinski definition) is 2. The summed E-state index contributed by atoms with van der Waals surface area (Å²) < 4.78 is 1.83. The first kappa shape index (κ1) is 11.1. The Bertz CT molecular complexity index is 583. The third-order valence-electron chi connectivity index (χ3n) is 2.40. The smallest absolute Gasteiger partial charge is 0.247 e. The molecule has 0 radical (unpaired) electrons. The Hall–Kier alpha value is -2.36. The lowest BCUT2D eigenvalue weighted by Gasteiger charge is -2.04. The second-order valence-corrected chi connectivity index (χ2v) is 3.58. The van der Waals surface area contributed by atoms with E-state index in [1.54, 1.807) is 12.3 Å². The second-order valence-electron chi connectivity index (χ2n) is 3.58. The molecular formula is C13H13N3O.